The minimum Gasteiger partial charge on any atom is -0.477 e. The van der Waals surface area contributed by atoms with Crippen LogP contribution in [0.2, 0.25) is 0 Å². The van der Waals surface area contributed by atoms with Gasteiger partial charge >= 0.3 is 12.0 Å². The molecule has 0 spiro atoms. The van der Waals surface area contributed by atoms with E-state index in [1.807, 2.05) is 0 Å². The number of amides is 2. The van der Waals surface area contributed by atoms with Crippen LogP contribution in [0.5, 0.6) is 0 Å². The van der Waals surface area contributed by atoms with Gasteiger partial charge in [0, 0.05) is 6.54 Å². The third kappa shape index (κ3) is 4.95. The van der Waals surface area contributed by atoms with Crippen LogP contribution in [0.25, 0.3) is 0 Å². The van der Waals surface area contributed by atoms with Crippen molar-refractivity contribution in [2.24, 2.45) is 11.8 Å². The van der Waals surface area contributed by atoms with Crippen LogP contribution in [0, 0.1) is 11.8 Å². The summed E-state index contributed by atoms with van der Waals surface area (Å²) in [6.07, 6.45) is 1.31. The minimum atomic E-state index is -1.10. The molecular formula is C13H19N3O3. The van der Waals surface area contributed by atoms with Gasteiger partial charge in [0.2, 0.25) is 0 Å². The number of carbonyl (C=O) groups excluding carboxylic acids is 1. The number of urea groups is 1. The van der Waals surface area contributed by atoms with E-state index in [1.54, 1.807) is 0 Å². The molecule has 1 unspecified atom stereocenters. The number of anilines is 1. The van der Waals surface area contributed by atoms with E-state index in [9.17, 15) is 9.59 Å². The normalized spacial score (nSPS) is 12.0. The first-order valence-corrected chi connectivity index (χ1v) is 6.14. The van der Waals surface area contributed by atoms with Gasteiger partial charge in [0.05, 0.1) is 11.9 Å². The molecule has 1 heterocycles. The van der Waals surface area contributed by atoms with Crippen molar-refractivity contribution in [2.75, 3.05) is 11.9 Å². The first-order chi connectivity index (χ1) is 8.90. The Morgan fingerprint density at radius 1 is 1.32 bits per heavy atom. The lowest BCUT2D eigenvalue weighted by Crippen LogP contribution is -2.33. The monoisotopic (exact) mass is 265 g/mol. The van der Waals surface area contributed by atoms with Crippen molar-refractivity contribution in [3.8, 4) is 0 Å². The Balaban J connectivity index is 2.46. The van der Waals surface area contributed by atoms with Crippen LogP contribution < -0.4 is 10.6 Å². The fraction of sp³-hybridized carbons (Fsp3) is 0.462. The highest BCUT2D eigenvalue weighted by molar-refractivity contribution is 5.90. The fourth-order valence-electron chi connectivity index (χ4n) is 1.26. The van der Waals surface area contributed by atoms with Crippen LogP contribution in [0.15, 0.2) is 18.3 Å². The summed E-state index contributed by atoms with van der Waals surface area (Å²) >= 11 is 0. The molecular weight excluding hydrogens is 246 g/mol. The van der Waals surface area contributed by atoms with Gasteiger partial charge in [-0.05, 0) is 24.0 Å². The molecule has 0 saturated carbocycles. The van der Waals surface area contributed by atoms with Crippen LogP contribution in [-0.2, 0) is 0 Å². The lowest BCUT2D eigenvalue weighted by Gasteiger charge is -2.16. The molecule has 104 valence electrons. The standard InChI is InChI=1S/C13H19N3O3/c1-8(2)9(3)6-15-13(19)16-10-4-5-11(12(17)18)14-7-10/h4-5,7-9H,6H2,1-3H3,(H,17,18)(H2,15,16,19). The molecule has 0 aliphatic carbocycles. The molecule has 1 aromatic heterocycles. The largest absolute Gasteiger partial charge is 0.477 e. The third-order valence-corrected chi connectivity index (χ3v) is 2.96. The van der Waals surface area contributed by atoms with Crippen molar-refractivity contribution >= 4 is 17.7 Å². The summed E-state index contributed by atoms with van der Waals surface area (Å²) in [5.41, 5.74) is 0.402. The Labute approximate surface area is 112 Å². The number of nitrogens with one attached hydrogen (secondary N) is 2. The Hall–Kier alpha value is -2.11. The van der Waals surface area contributed by atoms with Crippen molar-refractivity contribution < 1.29 is 14.7 Å². The second kappa shape index (κ2) is 6.72. The second-order valence-corrected chi connectivity index (χ2v) is 4.79. The molecule has 0 fully saturated rings. The summed E-state index contributed by atoms with van der Waals surface area (Å²) < 4.78 is 0. The molecule has 0 aliphatic rings. The van der Waals surface area contributed by atoms with Crippen LogP contribution in [0.3, 0.4) is 0 Å². The molecule has 6 nitrogen and oxygen atoms in total. The van der Waals surface area contributed by atoms with Gasteiger partial charge in [-0.1, -0.05) is 20.8 Å². The predicted molar refractivity (Wildman–Crippen MR) is 72.2 cm³/mol. The SMILES string of the molecule is CC(C)C(C)CNC(=O)Nc1ccc(C(=O)O)nc1. The van der Waals surface area contributed by atoms with Gasteiger partial charge < -0.3 is 15.7 Å². The smallest absolute Gasteiger partial charge is 0.354 e. The van der Waals surface area contributed by atoms with Crippen LogP contribution in [-0.4, -0.2) is 28.6 Å². The average Bonchev–Trinajstić information content (AvgIpc) is 2.36. The van der Waals surface area contributed by atoms with E-state index >= 15 is 0 Å². The Morgan fingerprint density at radius 3 is 2.47 bits per heavy atom. The fourth-order valence-corrected chi connectivity index (χ4v) is 1.26. The molecule has 6 heteroatoms. The highest BCUT2D eigenvalue weighted by Gasteiger charge is 2.09. The first-order valence-electron chi connectivity index (χ1n) is 6.14. The molecule has 1 rings (SSSR count). The minimum absolute atomic E-state index is 0.0561. The molecule has 19 heavy (non-hydrogen) atoms. The zero-order valence-electron chi connectivity index (χ0n) is 11.3. The van der Waals surface area contributed by atoms with Gasteiger partial charge in [0.1, 0.15) is 5.69 Å². The molecule has 3 N–H and O–H groups in total. The van der Waals surface area contributed by atoms with Crippen molar-refractivity contribution in [3.05, 3.63) is 24.0 Å². The zero-order valence-corrected chi connectivity index (χ0v) is 11.3. The molecule has 0 saturated heterocycles. The van der Waals surface area contributed by atoms with E-state index in [-0.39, 0.29) is 11.7 Å². The third-order valence-electron chi connectivity index (χ3n) is 2.96. The second-order valence-electron chi connectivity index (χ2n) is 4.79. The summed E-state index contributed by atoms with van der Waals surface area (Å²) in [4.78, 5) is 25.9. The topological polar surface area (TPSA) is 91.3 Å². The quantitative estimate of drug-likeness (QED) is 0.761. The maximum atomic E-state index is 11.6. The van der Waals surface area contributed by atoms with E-state index < -0.39 is 5.97 Å². The molecule has 1 atom stereocenters. The van der Waals surface area contributed by atoms with Gasteiger partial charge in [0.15, 0.2) is 0 Å². The number of aromatic carboxylic acids is 1. The zero-order chi connectivity index (χ0) is 14.4. The molecule has 0 aliphatic heterocycles. The van der Waals surface area contributed by atoms with E-state index in [2.05, 4.69) is 36.4 Å². The Morgan fingerprint density at radius 2 is 2.00 bits per heavy atom. The van der Waals surface area contributed by atoms with E-state index in [1.165, 1.54) is 18.3 Å². The number of carbonyl (C=O) groups is 2. The van der Waals surface area contributed by atoms with Gasteiger partial charge in [0.25, 0.3) is 0 Å². The first kappa shape index (κ1) is 14.9. The Kier molecular flexibility index (Phi) is 5.29. The van der Waals surface area contributed by atoms with Crippen molar-refractivity contribution in [2.45, 2.75) is 20.8 Å². The van der Waals surface area contributed by atoms with Crippen molar-refractivity contribution in [1.82, 2.24) is 10.3 Å². The van der Waals surface area contributed by atoms with Crippen LogP contribution in [0.4, 0.5) is 10.5 Å². The van der Waals surface area contributed by atoms with Gasteiger partial charge in [-0.15, -0.1) is 0 Å². The maximum Gasteiger partial charge on any atom is 0.354 e. The molecule has 1 aromatic rings. The predicted octanol–water partition coefficient (Wildman–Crippen LogP) is 2.19. The number of nitrogens with zero attached hydrogens (tertiary/aromatic N) is 1. The van der Waals surface area contributed by atoms with E-state index in [0.29, 0.717) is 24.1 Å². The molecule has 0 aromatic carbocycles. The van der Waals surface area contributed by atoms with Crippen molar-refractivity contribution in [3.63, 3.8) is 0 Å². The number of carboxylic acid groups (broad SMARTS) is 1. The van der Waals surface area contributed by atoms with Gasteiger partial charge in [-0.3, -0.25) is 0 Å². The number of aromatic nitrogens is 1. The highest BCUT2D eigenvalue weighted by Crippen LogP contribution is 2.08. The van der Waals surface area contributed by atoms with Gasteiger partial charge in [-0.25, -0.2) is 14.6 Å². The number of pyridine rings is 1. The van der Waals surface area contributed by atoms with E-state index in [0.717, 1.165) is 0 Å². The number of carboxylic acids is 1. The van der Waals surface area contributed by atoms with Crippen molar-refractivity contribution in [1.29, 1.82) is 0 Å². The summed E-state index contributed by atoms with van der Waals surface area (Å²) in [5.74, 6) is -0.211. The lowest BCUT2D eigenvalue weighted by atomic mass is 9.98. The number of hydrogen-bond donors (Lipinski definition) is 3. The Bertz CT molecular complexity index is 443. The highest BCUT2D eigenvalue weighted by atomic mass is 16.4. The average molecular weight is 265 g/mol. The summed E-state index contributed by atoms with van der Waals surface area (Å²) in [5, 5.41) is 14.0. The van der Waals surface area contributed by atoms with Crippen LogP contribution in [0.1, 0.15) is 31.3 Å². The van der Waals surface area contributed by atoms with E-state index in [4.69, 9.17) is 5.11 Å². The van der Waals surface area contributed by atoms with Crippen LogP contribution >= 0.6 is 0 Å². The number of hydrogen-bond acceptors (Lipinski definition) is 3. The molecule has 2 amide bonds. The summed E-state index contributed by atoms with van der Waals surface area (Å²) in [7, 11) is 0. The van der Waals surface area contributed by atoms with Gasteiger partial charge in [-0.2, -0.15) is 0 Å². The summed E-state index contributed by atoms with van der Waals surface area (Å²) in [6, 6.07) is 2.52. The number of rotatable bonds is 5. The molecule has 0 radical (unpaired) electrons. The summed E-state index contributed by atoms with van der Waals surface area (Å²) in [6.45, 7) is 6.84. The molecule has 0 bridgehead atoms. The lowest BCUT2D eigenvalue weighted by molar-refractivity contribution is 0.0690. The maximum absolute atomic E-state index is 11.6.